The summed E-state index contributed by atoms with van der Waals surface area (Å²) < 4.78 is 0. The molecule has 2 rings (SSSR count). The molecule has 0 heterocycles. The van der Waals surface area contributed by atoms with Crippen LogP contribution in [0.1, 0.15) is 28.4 Å². The van der Waals surface area contributed by atoms with E-state index < -0.39 is 5.97 Å². The monoisotopic (exact) mass is 329 g/mol. The third kappa shape index (κ3) is 4.44. The van der Waals surface area contributed by atoms with Crippen LogP contribution in [0.25, 0.3) is 6.08 Å². The molecule has 0 unspecified atom stereocenters. The third-order valence-electron chi connectivity index (χ3n) is 3.24. The quantitative estimate of drug-likeness (QED) is 0.817. The number of halogens is 1. The number of carbonyl (C=O) groups is 2. The Morgan fingerprint density at radius 1 is 1.17 bits per heavy atom. The minimum atomic E-state index is -1.13. The van der Waals surface area contributed by atoms with E-state index >= 15 is 0 Å². The van der Waals surface area contributed by atoms with E-state index in [2.05, 4.69) is 5.32 Å². The van der Waals surface area contributed by atoms with Crippen molar-refractivity contribution in [3.05, 3.63) is 69.8 Å². The maximum Gasteiger partial charge on any atom is 0.337 e. The maximum absolute atomic E-state index is 12.3. The number of aryl methyl sites for hydroxylation is 1. The average molecular weight is 330 g/mol. The summed E-state index contributed by atoms with van der Waals surface area (Å²) in [6.07, 6.45) is 1.74. The van der Waals surface area contributed by atoms with Gasteiger partial charge < -0.3 is 10.4 Å². The van der Waals surface area contributed by atoms with Crippen molar-refractivity contribution in [3.8, 4) is 0 Å². The van der Waals surface area contributed by atoms with Crippen molar-refractivity contribution >= 4 is 35.2 Å². The number of nitrogens with one attached hydrogen (secondary N) is 1. The Balaban J connectivity index is 2.25. The summed E-state index contributed by atoms with van der Waals surface area (Å²) in [5.41, 5.74) is 2.63. The highest BCUT2D eigenvalue weighted by atomic mass is 35.5. The first-order valence-corrected chi connectivity index (χ1v) is 7.34. The Bertz CT molecular complexity index is 797. The second kappa shape index (κ2) is 7.11. The van der Waals surface area contributed by atoms with Gasteiger partial charge >= 0.3 is 5.97 Å². The van der Waals surface area contributed by atoms with Crippen LogP contribution in [0, 0.1) is 6.92 Å². The second-order valence-corrected chi connectivity index (χ2v) is 5.63. The van der Waals surface area contributed by atoms with Gasteiger partial charge in [0.15, 0.2) is 0 Å². The third-order valence-corrected chi connectivity index (χ3v) is 3.48. The summed E-state index contributed by atoms with van der Waals surface area (Å²) in [4.78, 5) is 23.5. The molecule has 0 saturated heterocycles. The van der Waals surface area contributed by atoms with Crippen molar-refractivity contribution < 1.29 is 14.7 Å². The van der Waals surface area contributed by atoms with E-state index in [4.69, 9.17) is 16.7 Å². The summed E-state index contributed by atoms with van der Waals surface area (Å²) in [6.45, 7) is 3.64. The summed E-state index contributed by atoms with van der Waals surface area (Å²) in [6, 6.07) is 12.0. The number of anilines is 1. The number of carboxylic acid groups (broad SMARTS) is 1. The highest BCUT2D eigenvalue weighted by molar-refractivity contribution is 6.31. The molecule has 2 aromatic carbocycles. The molecule has 0 bridgehead atoms. The predicted molar refractivity (Wildman–Crippen MR) is 91.9 cm³/mol. The number of carbonyl (C=O) groups excluding carboxylic acids is 1. The van der Waals surface area contributed by atoms with Gasteiger partial charge in [-0.2, -0.15) is 0 Å². The Hall–Kier alpha value is -2.59. The smallest absolute Gasteiger partial charge is 0.337 e. The normalized spacial score (nSPS) is 11.2. The van der Waals surface area contributed by atoms with Crippen LogP contribution in [0.5, 0.6) is 0 Å². The summed E-state index contributed by atoms with van der Waals surface area (Å²) in [7, 11) is 0. The van der Waals surface area contributed by atoms with Gasteiger partial charge in [0, 0.05) is 10.6 Å². The molecule has 0 radical (unpaired) electrons. The number of rotatable bonds is 4. The molecule has 2 aromatic rings. The van der Waals surface area contributed by atoms with E-state index in [1.54, 1.807) is 13.0 Å². The number of carboxylic acids is 1. The van der Waals surface area contributed by atoms with Crippen molar-refractivity contribution in [2.24, 2.45) is 0 Å². The molecule has 23 heavy (non-hydrogen) atoms. The molecular weight excluding hydrogens is 314 g/mol. The number of aromatic carboxylic acids is 1. The zero-order valence-electron chi connectivity index (χ0n) is 12.8. The highest BCUT2D eigenvalue weighted by Crippen LogP contribution is 2.22. The van der Waals surface area contributed by atoms with Gasteiger partial charge in [0.1, 0.15) is 0 Å². The lowest BCUT2D eigenvalue weighted by atomic mass is 10.1. The largest absolute Gasteiger partial charge is 0.478 e. The van der Waals surface area contributed by atoms with Crippen LogP contribution < -0.4 is 5.32 Å². The Morgan fingerprint density at radius 2 is 1.91 bits per heavy atom. The zero-order chi connectivity index (χ0) is 17.0. The molecule has 0 aromatic heterocycles. The molecule has 118 valence electrons. The summed E-state index contributed by atoms with van der Waals surface area (Å²) >= 11 is 5.87. The molecule has 0 fully saturated rings. The van der Waals surface area contributed by atoms with Gasteiger partial charge in [-0.1, -0.05) is 41.4 Å². The molecule has 0 atom stereocenters. The lowest BCUT2D eigenvalue weighted by Gasteiger charge is -2.09. The van der Waals surface area contributed by atoms with Gasteiger partial charge in [-0.3, -0.25) is 4.79 Å². The molecule has 4 nitrogen and oxygen atoms in total. The van der Waals surface area contributed by atoms with E-state index in [-0.39, 0.29) is 17.2 Å². The highest BCUT2D eigenvalue weighted by Gasteiger charge is 2.14. The van der Waals surface area contributed by atoms with E-state index in [1.165, 1.54) is 18.2 Å². The first-order valence-electron chi connectivity index (χ1n) is 6.96. The van der Waals surface area contributed by atoms with Crippen LogP contribution in [0.15, 0.2) is 48.0 Å². The maximum atomic E-state index is 12.3. The zero-order valence-corrected chi connectivity index (χ0v) is 13.5. The van der Waals surface area contributed by atoms with Gasteiger partial charge in [-0.25, -0.2) is 4.79 Å². The van der Waals surface area contributed by atoms with Crippen molar-refractivity contribution in [3.63, 3.8) is 0 Å². The number of hydrogen-bond donors (Lipinski definition) is 2. The molecule has 0 spiro atoms. The van der Waals surface area contributed by atoms with Crippen LogP contribution in [0.3, 0.4) is 0 Å². The minimum absolute atomic E-state index is 0.00824. The fraction of sp³-hybridized carbons (Fsp3) is 0.111. The fourth-order valence-electron chi connectivity index (χ4n) is 2.10. The van der Waals surface area contributed by atoms with Crippen LogP contribution in [0.2, 0.25) is 5.02 Å². The molecule has 0 aliphatic rings. The SMILES string of the molecule is C/C(=C\c1cccc(C)c1)C(=O)Nc1cc(Cl)ccc1C(=O)O. The summed E-state index contributed by atoms with van der Waals surface area (Å²) in [5.74, 6) is -1.51. The topological polar surface area (TPSA) is 66.4 Å². The van der Waals surface area contributed by atoms with Crippen LogP contribution >= 0.6 is 11.6 Å². The van der Waals surface area contributed by atoms with Gasteiger partial charge in [-0.05, 0) is 43.7 Å². The molecule has 2 N–H and O–H groups in total. The van der Waals surface area contributed by atoms with E-state index in [0.717, 1.165) is 11.1 Å². The number of hydrogen-bond acceptors (Lipinski definition) is 2. The number of benzene rings is 2. The van der Waals surface area contributed by atoms with Gasteiger partial charge in [-0.15, -0.1) is 0 Å². The molecule has 0 aliphatic heterocycles. The minimum Gasteiger partial charge on any atom is -0.478 e. The van der Waals surface area contributed by atoms with Crippen molar-refractivity contribution in [1.82, 2.24) is 0 Å². The van der Waals surface area contributed by atoms with Gasteiger partial charge in [0.25, 0.3) is 5.91 Å². The first-order chi connectivity index (χ1) is 10.9. The summed E-state index contributed by atoms with van der Waals surface area (Å²) in [5, 5.41) is 12.1. The molecule has 5 heteroatoms. The molecule has 0 saturated carbocycles. The van der Waals surface area contributed by atoms with Gasteiger partial charge in [0.05, 0.1) is 11.3 Å². The first kappa shape index (κ1) is 16.8. The molecule has 1 amide bonds. The van der Waals surface area contributed by atoms with Crippen LogP contribution in [-0.2, 0) is 4.79 Å². The van der Waals surface area contributed by atoms with Crippen molar-refractivity contribution in [1.29, 1.82) is 0 Å². The Kier molecular flexibility index (Phi) is 5.19. The van der Waals surface area contributed by atoms with E-state index in [1.807, 2.05) is 31.2 Å². The Morgan fingerprint density at radius 3 is 2.57 bits per heavy atom. The molecule has 0 aliphatic carbocycles. The average Bonchev–Trinajstić information content (AvgIpc) is 2.46. The van der Waals surface area contributed by atoms with E-state index in [9.17, 15) is 9.59 Å². The lowest BCUT2D eigenvalue weighted by molar-refractivity contribution is -0.112. The molecular formula is C18H16ClNO3. The van der Waals surface area contributed by atoms with Crippen LogP contribution in [-0.4, -0.2) is 17.0 Å². The lowest BCUT2D eigenvalue weighted by Crippen LogP contribution is -2.15. The Labute approximate surface area is 139 Å². The van der Waals surface area contributed by atoms with Crippen molar-refractivity contribution in [2.45, 2.75) is 13.8 Å². The van der Waals surface area contributed by atoms with Crippen LogP contribution in [0.4, 0.5) is 5.69 Å². The number of amides is 1. The van der Waals surface area contributed by atoms with E-state index in [0.29, 0.717) is 10.6 Å². The predicted octanol–water partition coefficient (Wildman–Crippen LogP) is 4.39. The second-order valence-electron chi connectivity index (χ2n) is 5.19. The fourth-order valence-corrected chi connectivity index (χ4v) is 2.27. The van der Waals surface area contributed by atoms with Crippen molar-refractivity contribution in [2.75, 3.05) is 5.32 Å². The standard InChI is InChI=1S/C18H16ClNO3/c1-11-4-3-5-13(8-11)9-12(2)17(21)20-16-10-14(19)6-7-15(16)18(22)23/h3-10H,1-2H3,(H,20,21)(H,22,23)/b12-9+. The van der Waals surface area contributed by atoms with Gasteiger partial charge in [0.2, 0.25) is 0 Å².